The standard InChI is InChI=1S/C15H21N/c1-12-3-4-13-10-15(11-14(13)9-12)5-7-16(2)8-6-15/h3-4,9H,5-8,10-11H2,1-2H3. The summed E-state index contributed by atoms with van der Waals surface area (Å²) in [5.41, 5.74) is 5.28. The monoisotopic (exact) mass is 215 g/mol. The van der Waals surface area contributed by atoms with Gasteiger partial charge in [-0.25, -0.2) is 0 Å². The zero-order chi connectivity index (χ0) is 11.2. The van der Waals surface area contributed by atoms with Gasteiger partial charge in [0, 0.05) is 0 Å². The number of hydrogen-bond acceptors (Lipinski definition) is 1. The van der Waals surface area contributed by atoms with Crippen LogP contribution in [0.15, 0.2) is 18.2 Å². The van der Waals surface area contributed by atoms with Gasteiger partial charge >= 0.3 is 0 Å². The molecular weight excluding hydrogens is 194 g/mol. The number of benzene rings is 1. The number of rotatable bonds is 0. The molecule has 0 atom stereocenters. The summed E-state index contributed by atoms with van der Waals surface area (Å²) in [6.07, 6.45) is 5.43. The van der Waals surface area contributed by atoms with E-state index in [2.05, 4.69) is 37.1 Å². The van der Waals surface area contributed by atoms with Crippen molar-refractivity contribution in [2.45, 2.75) is 32.6 Å². The fourth-order valence-electron chi connectivity index (χ4n) is 3.41. The molecule has 0 bridgehead atoms. The van der Waals surface area contributed by atoms with Crippen molar-refractivity contribution in [3.63, 3.8) is 0 Å². The predicted molar refractivity (Wildman–Crippen MR) is 67.8 cm³/mol. The third kappa shape index (κ3) is 1.67. The molecule has 1 heterocycles. The minimum Gasteiger partial charge on any atom is -0.306 e. The summed E-state index contributed by atoms with van der Waals surface area (Å²) in [6.45, 7) is 4.78. The fourth-order valence-corrected chi connectivity index (χ4v) is 3.41. The van der Waals surface area contributed by atoms with E-state index < -0.39 is 0 Å². The van der Waals surface area contributed by atoms with E-state index >= 15 is 0 Å². The summed E-state index contributed by atoms with van der Waals surface area (Å²) >= 11 is 0. The molecule has 16 heavy (non-hydrogen) atoms. The van der Waals surface area contributed by atoms with Crippen LogP contribution in [-0.4, -0.2) is 25.0 Å². The average Bonchev–Trinajstić information content (AvgIpc) is 2.60. The molecule has 0 N–H and O–H groups in total. The molecule has 1 aromatic carbocycles. The van der Waals surface area contributed by atoms with Crippen molar-refractivity contribution < 1.29 is 0 Å². The van der Waals surface area contributed by atoms with Crippen LogP contribution in [0.3, 0.4) is 0 Å². The Morgan fingerprint density at radius 1 is 1.06 bits per heavy atom. The molecule has 2 aliphatic rings. The molecule has 1 saturated heterocycles. The van der Waals surface area contributed by atoms with E-state index in [1.807, 2.05) is 0 Å². The van der Waals surface area contributed by atoms with Crippen molar-refractivity contribution >= 4 is 0 Å². The van der Waals surface area contributed by atoms with Crippen LogP contribution in [0.25, 0.3) is 0 Å². The molecule has 1 nitrogen and oxygen atoms in total. The van der Waals surface area contributed by atoms with Crippen molar-refractivity contribution in [3.05, 3.63) is 34.9 Å². The van der Waals surface area contributed by atoms with E-state index in [9.17, 15) is 0 Å². The molecule has 3 rings (SSSR count). The molecule has 0 unspecified atom stereocenters. The Hall–Kier alpha value is -0.820. The molecule has 1 fully saturated rings. The number of fused-ring (bicyclic) bond motifs is 1. The number of likely N-dealkylation sites (tertiary alicyclic amines) is 1. The van der Waals surface area contributed by atoms with Crippen LogP contribution in [-0.2, 0) is 12.8 Å². The number of piperidine rings is 1. The van der Waals surface area contributed by atoms with Crippen LogP contribution in [0, 0.1) is 12.3 Å². The van der Waals surface area contributed by atoms with Gasteiger partial charge in [0.25, 0.3) is 0 Å². The van der Waals surface area contributed by atoms with Crippen molar-refractivity contribution in [1.82, 2.24) is 4.90 Å². The smallest absolute Gasteiger partial charge is 0.00163 e. The van der Waals surface area contributed by atoms with Crippen molar-refractivity contribution in [2.75, 3.05) is 20.1 Å². The van der Waals surface area contributed by atoms with Gasteiger partial charge in [0.05, 0.1) is 0 Å². The van der Waals surface area contributed by atoms with Crippen molar-refractivity contribution in [3.8, 4) is 0 Å². The molecule has 1 aliphatic heterocycles. The van der Waals surface area contributed by atoms with Gasteiger partial charge in [-0.3, -0.25) is 0 Å². The van der Waals surface area contributed by atoms with Gasteiger partial charge in [-0.15, -0.1) is 0 Å². The highest BCUT2D eigenvalue weighted by Crippen LogP contribution is 2.44. The first-order chi connectivity index (χ1) is 7.67. The summed E-state index contributed by atoms with van der Waals surface area (Å²) in [5, 5.41) is 0. The lowest BCUT2D eigenvalue weighted by atomic mass is 9.76. The normalized spacial score (nSPS) is 23.6. The zero-order valence-corrected chi connectivity index (χ0v) is 10.4. The molecule has 0 aromatic heterocycles. The van der Waals surface area contributed by atoms with Gasteiger partial charge in [0.2, 0.25) is 0 Å². The lowest BCUT2D eigenvalue weighted by Gasteiger charge is -2.37. The summed E-state index contributed by atoms with van der Waals surface area (Å²) in [7, 11) is 2.25. The first kappa shape index (κ1) is 10.3. The third-order valence-electron chi connectivity index (χ3n) is 4.54. The second-order valence-electron chi connectivity index (χ2n) is 5.93. The summed E-state index contributed by atoms with van der Waals surface area (Å²) in [5.74, 6) is 0. The predicted octanol–water partition coefficient (Wildman–Crippen LogP) is 2.81. The number of aryl methyl sites for hydroxylation is 1. The Labute approximate surface area is 98.5 Å². The third-order valence-corrected chi connectivity index (χ3v) is 4.54. The Morgan fingerprint density at radius 3 is 2.50 bits per heavy atom. The van der Waals surface area contributed by atoms with Crippen LogP contribution in [0.4, 0.5) is 0 Å². The largest absolute Gasteiger partial charge is 0.306 e. The summed E-state index contributed by atoms with van der Waals surface area (Å²) in [6, 6.07) is 7.03. The Kier molecular flexibility index (Phi) is 2.32. The average molecular weight is 215 g/mol. The van der Waals surface area contributed by atoms with Crippen LogP contribution < -0.4 is 0 Å². The molecule has 1 spiro atoms. The molecule has 0 amide bonds. The van der Waals surface area contributed by atoms with Gasteiger partial charge < -0.3 is 4.90 Å². The Balaban J connectivity index is 1.84. The highest BCUT2D eigenvalue weighted by atomic mass is 15.1. The van der Waals surface area contributed by atoms with E-state index in [1.54, 1.807) is 11.1 Å². The van der Waals surface area contributed by atoms with Crippen molar-refractivity contribution in [1.29, 1.82) is 0 Å². The minimum absolute atomic E-state index is 0.614. The van der Waals surface area contributed by atoms with E-state index in [4.69, 9.17) is 0 Å². The van der Waals surface area contributed by atoms with Gasteiger partial charge in [-0.05, 0) is 69.3 Å². The maximum atomic E-state index is 2.47. The van der Waals surface area contributed by atoms with E-state index in [1.165, 1.54) is 44.3 Å². The first-order valence-electron chi connectivity index (χ1n) is 6.44. The van der Waals surface area contributed by atoms with Crippen molar-refractivity contribution in [2.24, 2.45) is 5.41 Å². The van der Waals surface area contributed by atoms with Crippen LogP contribution in [0.1, 0.15) is 29.5 Å². The number of nitrogens with zero attached hydrogens (tertiary/aromatic N) is 1. The van der Waals surface area contributed by atoms with Gasteiger partial charge in [-0.2, -0.15) is 0 Å². The molecule has 1 heteroatoms. The molecule has 86 valence electrons. The topological polar surface area (TPSA) is 3.24 Å². The van der Waals surface area contributed by atoms with E-state index in [0.29, 0.717) is 5.41 Å². The van der Waals surface area contributed by atoms with Gasteiger partial charge in [-0.1, -0.05) is 23.8 Å². The van der Waals surface area contributed by atoms with E-state index in [-0.39, 0.29) is 0 Å². The van der Waals surface area contributed by atoms with Gasteiger partial charge in [0.15, 0.2) is 0 Å². The quantitative estimate of drug-likeness (QED) is 0.643. The van der Waals surface area contributed by atoms with E-state index in [0.717, 1.165) is 0 Å². The van der Waals surface area contributed by atoms with Crippen LogP contribution in [0.5, 0.6) is 0 Å². The Bertz CT molecular complexity index is 400. The van der Waals surface area contributed by atoms with Gasteiger partial charge in [0.1, 0.15) is 0 Å². The minimum atomic E-state index is 0.614. The zero-order valence-electron chi connectivity index (χ0n) is 10.4. The van der Waals surface area contributed by atoms with Crippen LogP contribution in [0.2, 0.25) is 0 Å². The van der Waals surface area contributed by atoms with Crippen LogP contribution >= 0.6 is 0 Å². The second kappa shape index (κ2) is 3.59. The fraction of sp³-hybridized carbons (Fsp3) is 0.600. The highest BCUT2D eigenvalue weighted by Gasteiger charge is 2.38. The lowest BCUT2D eigenvalue weighted by Crippen LogP contribution is -2.38. The maximum absolute atomic E-state index is 2.47. The molecule has 0 saturated carbocycles. The molecule has 1 aliphatic carbocycles. The molecule has 0 radical (unpaired) electrons. The summed E-state index contributed by atoms with van der Waals surface area (Å²) < 4.78 is 0. The second-order valence-corrected chi connectivity index (χ2v) is 5.93. The first-order valence-corrected chi connectivity index (χ1v) is 6.44. The summed E-state index contributed by atoms with van der Waals surface area (Å²) in [4.78, 5) is 2.47. The Morgan fingerprint density at radius 2 is 1.75 bits per heavy atom. The molecule has 1 aromatic rings. The molecular formula is C15H21N. The SMILES string of the molecule is Cc1ccc2c(c1)CC1(CCN(C)CC1)C2. The lowest BCUT2D eigenvalue weighted by molar-refractivity contribution is 0.131. The maximum Gasteiger partial charge on any atom is -0.00163 e. The highest BCUT2D eigenvalue weighted by molar-refractivity contribution is 5.37. The number of hydrogen-bond donors (Lipinski definition) is 0.